The van der Waals surface area contributed by atoms with Gasteiger partial charge in [-0.2, -0.15) is 0 Å². The van der Waals surface area contributed by atoms with Crippen molar-refractivity contribution in [2.45, 2.75) is 24.7 Å². The first-order chi connectivity index (χ1) is 12.2. The van der Waals surface area contributed by atoms with Gasteiger partial charge in [-0.25, -0.2) is 0 Å². The molecule has 1 saturated heterocycles. The molecule has 0 bridgehead atoms. The number of rotatable bonds is 4. The molecule has 0 aromatic heterocycles. The summed E-state index contributed by atoms with van der Waals surface area (Å²) in [7, 11) is 0. The largest absolute Gasteiger partial charge is 0.451 e. The molecule has 1 aromatic carbocycles. The van der Waals surface area contributed by atoms with Gasteiger partial charge in [-0.1, -0.05) is 24.3 Å². The number of hydrogen-bond acceptors (Lipinski definition) is 6. The van der Waals surface area contributed by atoms with Crippen LogP contribution in [-0.4, -0.2) is 47.8 Å². The minimum absolute atomic E-state index is 0.0142. The predicted octanol–water partition coefficient (Wildman–Crippen LogP) is 2.24. The summed E-state index contributed by atoms with van der Waals surface area (Å²) in [6.07, 6.45) is 9.70. The van der Waals surface area contributed by atoms with Crippen molar-refractivity contribution in [3.05, 3.63) is 52.6 Å². The van der Waals surface area contributed by atoms with E-state index < -0.39 is 11.2 Å². The summed E-state index contributed by atoms with van der Waals surface area (Å²) in [5, 5.41) is 14.3. The monoisotopic (exact) mass is 343 g/mol. The molecule has 0 saturated carbocycles. The first-order valence-corrected chi connectivity index (χ1v) is 8.58. The van der Waals surface area contributed by atoms with Gasteiger partial charge in [0.25, 0.3) is 5.69 Å². The van der Waals surface area contributed by atoms with Gasteiger partial charge in [0.1, 0.15) is 0 Å². The molecule has 1 fully saturated rings. The molecule has 4 rings (SSSR count). The summed E-state index contributed by atoms with van der Waals surface area (Å²) in [6, 6.07) is 4.49. The maximum absolute atomic E-state index is 10.9. The van der Waals surface area contributed by atoms with Crippen molar-refractivity contribution < 1.29 is 14.4 Å². The minimum Gasteiger partial charge on any atom is -0.451 e. The Morgan fingerprint density at radius 3 is 2.76 bits per heavy atom. The zero-order valence-electron chi connectivity index (χ0n) is 13.9. The molecule has 0 radical (unpaired) electrons. The lowest BCUT2D eigenvalue weighted by Gasteiger charge is -2.45. The highest BCUT2D eigenvalue weighted by molar-refractivity contribution is 5.50. The highest BCUT2D eigenvalue weighted by Crippen LogP contribution is 2.41. The van der Waals surface area contributed by atoms with E-state index in [1.807, 2.05) is 0 Å². The number of non-ortho nitro benzene ring substituents is 1. The molecule has 1 N–H and O–H groups in total. The van der Waals surface area contributed by atoms with Crippen LogP contribution in [0.15, 0.2) is 42.5 Å². The molecule has 0 spiro atoms. The Hall–Kier alpha value is -2.38. The van der Waals surface area contributed by atoms with E-state index in [1.165, 1.54) is 12.1 Å². The molecule has 3 aliphatic rings. The second-order valence-electron chi connectivity index (χ2n) is 6.59. The fraction of sp³-hybridized carbons (Fsp3) is 0.444. The highest BCUT2D eigenvalue weighted by atomic mass is 16.7. The molecule has 2 unspecified atom stereocenters. The van der Waals surface area contributed by atoms with Gasteiger partial charge in [0.15, 0.2) is 11.5 Å². The maximum atomic E-state index is 10.9. The van der Waals surface area contributed by atoms with Gasteiger partial charge in [-0.05, 0) is 12.5 Å². The lowest BCUT2D eigenvalue weighted by atomic mass is 9.85. The van der Waals surface area contributed by atoms with Gasteiger partial charge in [-0.15, -0.1) is 0 Å². The summed E-state index contributed by atoms with van der Waals surface area (Å²) in [5.74, 6) is 1.02. The Morgan fingerprint density at radius 1 is 1.24 bits per heavy atom. The molecule has 25 heavy (non-hydrogen) atoms. The Labute approximate surface area is 146 Å². The Balaban J connectivity index is 1.52. The van der Waals surface area contributed by atoms with Crippen molar-refractivity contribution in [3.63, 3.8) is 0 Å². The van der Waals surface area contributed by atoms with Crippen LogP contribution in [0.1, 0.15) is 12.8 Å². The van der Waals surface area contributed by atoms with Gasteiger partial charge in [-0.3, -0.25) is 15.0 Å². The summed E-state index contributed by atoms with van der Waals surface area (Å²) in [4.78, 5) is 13.0. The predicted molar refractivity (Wildman–Crippen MR) is 92.8 cm³/mol. The topological polar surface area (TPSA) is 76.9 Å². The van der Waals surface area contributed by atoms with E-state index in [9.17, 15) is 10.1 Å². The second-order valence-corrected chi connectivity index (χ2v) is 6.59. The van der Waals surface area contributed by atoms with E-state index in [1.54, 1.807) is 6.07 Å². The number of allylic oxidation sites excluding steroid dienone is 2. The van der Waals surface area contributed by atoms with Gasteiger partial charge < -0.3 is 14.8 Å². The zero-order chi connectivity index (χ0) is 17.3. The van der Waals surface area contributed by atoms with Gasteiger partial charge >= 0.3 is 0 Å². The van der Waals surface area contributed by atoms with E-state index in [2.05, 4.69) is 34.5 Å². The summed E-state index contributed by atoms with van der Waals surface area (Å²) in [5.41, 5.74) is -0.129. The molecule has 2 heterocycles. The number of nitrogens with zero attached hydrogens (tertiary/aromatic N) is 2. The van der Waals surface area contributed by atoms with Crippen LogP contribution in [0.2, 0.25) is 0 Å². The zero-order valence-corrected chi connectivity index (χ0v) is 13.9. The average Bonchev–Trinajstić information content (AvgIpc) is 3.04. The number of nitro benzene ring substituents is 1. The molecule has 132 valence electrons. The van der Waals surface area contributed by atoms with Crippen molar-refractivity contribution in [1.29, 1.82) is 0 Å². The number of nitrogens with one attached hydrogen (secondary N) is 1. The molecule has 7 heteroatoms. The minimum atomic E-state index is -0.442. The third-order valence-corrected chi connectivity index (χ3v) is 5.05. The third kappa shape index (κ3) is 3.12. The normalized spacial score (nSPS) is 28.2. The smallest absolute Gasteiger partial charge is 0.273 e. The molecule has 0 amide bonds. The van der Waals surface area contributed by atoms with Crippen LogP contribution in [0.5, 0.6) is 11.5 Å². The lowest BCUT2D eigenvalue weighted by Crippen LogP contribution is -2.57. The van der Waals surface area contributed by atoms with E-state index in [4.69, 9.17) is 9.47 Å². The number of fused-ring (bicyclic) bond motifs is 1. The number of benzene rings is 1. The summed E-state index contributed by atoms with van der Waals surface area (Å²) in [6.45, 7) is 3.89. The molecule has 1 aromatic rings. The first kappa shape index (κ1) is 16.1. The van der Waals surface area contributed by atoms with Crippen molar-refractivity contribution in [2.75, 3.05) is 26.2 Å². The SMILES string of the molecule is O=[N+]([O-])c1ccc2c(c1)OC(CC1(N3CCNCC3)C=CC=CC1)O2. The number of piperazine rings is 1. The fourth-order valence-electron chi connectivity index (χ4n) is 3.76. The highest BCUT2D eigenvalue weighted by Gasteiger charge is 2.40. The van der Waals surface area contributed by atoms with Crippen molar-refractivity contribution >= 4 is 5.69 Å². The molecule has 2 aliphatic heterocycles. The Bertz CT molecular complexity index is 727. The van der Waals surface area contributed by atoms with Crippen molar-refractivity contribution in [2.24, 2.45) is 0 Å². The van der Waals surface area contributed by atoms with E-state index in [0.717, 1.165) is 32.6 Å². The van der Waals surface area contributed by atoms with E-state index in [-0.39, 0.29) is 11.2 Å². The number of nitro groups is 1. The average molecular weight is 343 g/mol. The van der Waals surface area contributed by atoms with E-state index in [0.29, 0.717) is 17.9 Å². The standard InChI is InChI=1S/C18H21N3O4/c22-21(23)14-4-5-15-16(12-14)25-17(24-15)13-18(6-2-1-3-7-18)20-10-8-19-9-11-20/h1-6,12,17,19H,7-11,13H2. The molecule has 1 aliphatic carbocycles. The van der Waals surface area contributed by atoms with Crippen LogP contribution >= 0.6 is 0 Å². The van der Waals surface area contributed by atoms with Crippen LogP contribution in [-0.2, 0) is 0 Å². The Kier molecular flexibility index (Phi) is 4.19. The fourth-order valence-corrected chi connectivity index (χ4v) is 3.76. The van der Waals surface area contributed by atoms with Crippen LogP contribution in [0.4, 0.5) is 5.69 Å². The second kappa shape index (κ2) is 6.50. The summed E-state index contributed by atoms with van der Waals surface area (Å²) < 4.78 is 11.8. The molecular weight excluding hydrogens is 322 g/mol. The van der Waals surface area contributed by atoms with Crippen molar-refractivity contribution in [3.8, 4) is 11.5 Å². The number of hydrogen-bond donors (Lipinski definition) is 1. The third-order valence-electron chi connectivity index (χ3n) is 5.05. The first-order valence-electron chi connectivity index (χ1n) is 8.58. The quantitative estimate of drug-likeness (QED) is 0.667. The Morgan fingerprint density at radius 2 is 2.04 bits per heavy atom. The summed E-state index contributed by atoms with van der Waals surface area (Å²) >= 11 is 0. The van der Waals surface area contributed by atoms with Gasteiger partial charge in [0.05, 0.1) is 16.5 Å². The molecular formula is C18H21N3O4. The van der Waals surface area contributed by atoms with Crippen LogP contribution in [0.25, 0.3) is 0 Å². The van der Waals surface area contributed by atoms with E-state index >= 15 is 0 Å². The van der Waals surface area contributed by atoms with Crippen LogP contribution in [0, 0.1) is 10.1 Å². The van der Waals surface area contributed by atoms with Gasteiger partial charge in [0.2, 0.25) is 6.29 Å². The van der Waals surface area contributed by atoms with Crippen LogP contribution < -0.4 is 14.8 Å². The van der Waals surface area contributed by atoms with Crippen molar-refractivity contribution in [1.82, 2.24) is 10.2 Å². The lowest BCUT2D eigenvalue weighted by molar-refractivity contribution is -0.384. The molecule has 2 atom stereocenters. The maximum Gasteiger partial charge on any atom is 0.273 e. The van der Waals surface area contributed by atoms with Crippen LogP contribution in [0.3, 0.4) is 0 Å². The van der Waals surface area contributed by atoms with Gasteiger partial charge in [0, 0.05) is 38.7 Å². The molecule has 7 nitrogen and oxygen atoms in total. The number of ether oxygens (including phenoxy) is 2.